The van der Waals surface area contributed by atoms with E-state index >= 15 is 0 Å². The van der Waals surface area contributed by atoms with Crippen molar-refractivity contribution in [3.05, 3.63) is 65.2 Å². The van der Waals surface area contributed by atoms with Gasteiger partial charge >= 0.3 is 0 Å². The number of hydrogen-bond donors (Lipinski definition) is 0. The summed E-state index contributed by atoms with van der Waals surface area (Å²) in [7, 11) is 0. The molecule has 3 rings (SSSR count). The molecule has 2 aromatic carbocycles. The van der Waals surface area contributed by atoms with Gasteiger partial charge in [-0.3, -0.25) is 0 Å². The molecule has 2 nitrogen and oxygen atoms in total. The summed E-state index contributed by atoms with van der Waals surface area (Å²) in [4.78, 5) is 0. The van der Waals surface area contributed by atoms with Gasteiger partial charge in [0.05, 0.1) is 17.2 Å². The SMILES string of the molecule is N#CC(=C(Cl)c1ccc2c(c1)CCO2)c1ccccc1. The van der Waals surface area contributed by atoms with E-state index in [4.69, 9.17) is 16.3 Å². The number of ether oxygens (including phenoxy) is 1. The van der Waals surface area contributed by atoms with Crippen LogP contribution < -0.4 is 4.74 Å². The van der Waals surface area contributed by atoms with Crippen LogP contribution in [0, 0.1) is 11.3 Å². The molecule has 0 unspecified atom stereocenters. The molecule has 0 N–H and O–H groups in total. The van der Waals surface area contributed by atoms with Crippen molar-refractivity contribution >= 4 is 22.2 Å². The Morgan fingerprint density at radius 2 is 1.90 bits per heavy atom. The monoisotopic (exact) mass is 281 g/mol. The lowest BCUT2D eigenvalue weighted by Crippen LogP contribution is -1.87. The van der Waals surface area contributed by atoms with Crippen molar-refractivity contribution < 1.29 is 4.74 Å². The first-order valence-corrected chi connectivity index (χ1v) is 6.79. The number of allylic oxidation sites excluding steroid dienone is 1. The molecular formula is C17H12ClNO. The summed E-state index contributed by atoms with van der Waals surface area (Å²) >= 11 is 6.42. The molecule has 1 heterocycles. The summed E-state index contributed by atoms with van der Waals surface area (Å²) in [6.45, 7) is 0.712. The molecule has 1 aliphatic rings. The molecule has 0 bridgehead atoms. The topological polar surface area (TPSA) is 33.0 Å². The summed E-state index contributed by atoms with van der Waals surface area (Å²) in [6, 6.07) is 17.5. The lowest BCUT2D eigenvalue weighted by Gasteiger charge is -2.06. The van der Waals surface area contributed by atoms with Gasteiger partial charge in [0.2, 0.25) is 0 Å². The lowest BCUT2D eigenvalue weighted by atomic mass is 10.0. The number of halogens is 1. The average Bonchev–Trinajstić information content (AvgIpc) is 2.96. The lowest BCUT2D eigenvalue weighted by molar-refractivity contribution is 0.357. The van der Waals surface area contributed by atoms with Gasteiger partial charge in [-0.15, -0.1) is 0 Å². The van der Waals surface area contributed by atoms with E-state index in [2.05, 4.69) is 6.07 Å². The Bertz CT molecular complexity index is 714. The highest BCUT2D eigenvalue weighted by Crippen LogP contribution is 2.33. The molecule has 0 spiro atoms. The maximum Gasteiger partial charge on any atom is 0.122 e. The quantitative estimate of drug-likeness (QED) is 0.609. The van der Waals surface area contributed by atoms with Gasteiger partial charge in [-0.25, -0.2) is 0 Å². The van der Waals surface area contributed by atoms with E-state index in [1.165, 1.54) is 0 Å². The van der Waals surface area contributed by atoms with Crippen molar-refractivity contribution in [1.82, 2.24) is 0 Å². The number of hydrogen-bond acceptors (Lipinski definition) is 2. The zero-order valence-electron chi connectivity index (χ0n) is 10.8. The van der Waals surface area contributed by atoms with E-state index in [0.717, 1.165) is 28.9 Å². The van der Waals surface area contributed by atoms with Crippen LogP contribution in [0.5, 0.6) is 5.75 Å². The zero-order chi connectivity index (χ0) is 13.9. The van der Waals surface area contributed by atoms with E-state index in [9.17, 15) is 5.26 Å². The Kier molecular flexibility index (Phi) is 3.45. The maximum absolute atomic E-state index is 9.39. The predicted octanol–water partition coefficient (Wildman–Crippen LogP) is 4.25. The molecule has 0 aromatic heterocycles. The molecule has 0 atom stereocenters. The van der Waals surface area contributed by atoms with E-state index in [1.54, 1.807) is 0 Å². The summed E-state index contributed by atoms with van der Waals surface area (Å²) in [5.74, 6) is 0.913. The van der Waals surface area contributed by atoms with Crippen LogP contribution in [0.15, 0.2) is 48.5 Å². The second kappa shape index (κ2) is 5.40. The molecule has 1 aliphatic heterocycles. The minimum Gasteiger partial charge on any atom is -0.493 e. The Labute approximate surface area is 122 Å². The first-order chi connectivity index (χ1) is 9.79. The standard InChI is InChI=1S/C17H12ClNO/c18-17(15(11-19)12-4-2-1-3-5-12)14-6-7-16-13(10-14)8-9-20-16/h1-7,10H,8-9H2. The molecule has 0 aliphatic carbocycles. The van der Waals surface area contributed by atoms with Gasteiger partial charge in [0.15, 0.2) is 0 Å². The van der Waals surface area contributed by atoms with Crippen molar-refractivity contribution in [3.8, 4) is 11.8 Å². The Morgan fingerprint density at radius 3 is 2.65 bits per heavy atom. The first kappa shape index (κ1) is 12.8. The van der Waals surface area contributed by atoms with Gasteiger partial charge in [-0.2, -0.15) is 5.26 Å². The highest BCUT2D eigenvalue weighted by Gasteiger charge is 2.15. The average molecular weight is 282 g/mol. The molecular weight excluding hydrogens is 270 g/mol. The third kappa shape index (κ3) is 2.29. The number of nitriles is 1. The van der Waals surface area contributed by atoms with Crippen LogP contribution >= 0.6 is 11.6 Å². The molecule has 98 valence electrons. The summed E-state index contributed by atoms with van der Waals surface area (Å²) < 4.78 is 5.48. The van der Waals surface area contributed by atoms with E-state index in [-0.39, 0.29) is 0 Å². The van der Waals surface area contributed by atoms with Crippen LogP contribution in [-0.4, -0.2) is 6.61 Å². The second-order valence-corrected chi connectivity index (χ2v) is 4.97. The predicted molar refractivity (Wildman–Crippen MR) is 80.4 cm³/mol. The Morgan fingerprint density at radius 1 is 1.10 bits per heavy atom. The first-order valence-electron chi connectivity index (χ1n) is 6.41. The van der Waals surface area contributed by atoms with E-state index in [1.807, 2.05) is 48.5 Å². The molecule has 20 heavy (non-hydrogen) atoms. The van der Waals surface area contributed by atoms with Crippen molar-refractivity contribution in [1.29, 1.82) is 5.26 Å². The fraction of sp³-hybridized carbons (Fsp3) is 0.118. The minimum atomic E-state index is 0.480. The van der Waals surface area contributed by atoms with Crippen molar-refractivity contribution in [3.63, 3.8) is 0 Å². The third-order valence-corrected chi connectivity index (χ3v) is 3.74. The number of rotatable bonds is 2. The van der Waals surface area contributed by atoms with Crippen LogP contribution in [0.4, 0.5) is 0 Å². The highest BCUT2D eigenvalue weighted by atomic mass is 35.5. The van der Waals surface area contributed by atoms with Crippen molar-refractivity contribution in [2.24, 2.45) is 0 Å². The summed E-state index contributed by atoms with van der Waals surface area (Å²) in [5, 5.41) is 9.87. The summed E-state index contributed by atoms with van der Waals surface area (Å²) in [6.07, 6.45) is 0.889. The van der Waals surface area contributed by atoms with Gasteiger partial charge in [0, 0.05) is 6.42 Å². The largest absolute Gasteiger partial charge is 0.493 e. The molecule has 0 saturated carbocycles. The molecule has 0 saturated heterocycles. The normalized spacial score (nSPS) is 14.0. The zero-order valence-corrected chi connectivity index (χ0v) is 11.5. The third-order valence-electron chi connectivity index (χ3n) is 3.34. The van der Waals surface area contributed by atoms with Crippen LogP contribution in [0.2, 0.25) is 0 Å². The molecule has 2 aromatic rings. The van der Waals surface area contributed by atoms with Crippen molar-refractivity contribution in [2.45, 2.75) is 6.42 Å². The van der Waals surface area contributed by atoms with Crippen molar-refractivity contribution in [2.75, 3.05) is 6.61 Å². The van der Waals surface area contributed by atoms with Gasteiger partial charge in [-0.05, 0) is 34.9 Å². The minimum absolute atomic E-state index is 0.480. The second-order valence-electron chi connectivity index (χ2n) is 4.59. The van der Waals surface area contributed by atoms with Gasteiger partial charge in [-0.1, -0.05) is 41.9 Å². The Hall–Kier alpha value is -2.24. The van der Waals surface area contributed by atoms with E-state index < -0.39 is 0 Å². The molecule has 0 amide bonds. The fourth-order valence-corrected chi connectivity index (χ4v) is 2.58. The van der Waals surface area contributed by atoms with Gasteiger partial charge in [0.25, 0.3) is 0 Å². The number of nitrogens with zero attached hydrogens (tertiary/aromatic N) is 1. The molecule has 3 heteroatoms. The number of fused-ring (bicyclic) bond motifs is 1. The Balaban J connectivity index is 2.08. The van der Waals surface area contributed by atoms with Crippen LogP contribution in [-0.2, 0) is 6.42 Å². The smallest absolute Gasteiger partial charge is 0.122 e. The van der Waals surface area contributed by atoms with Crippen LogP contribution in [0.25, 0.3) is 10.6 Å². The molecule has 0 fully saturated rings. The maximum atomic E-state index is 9.39. The molecule has 0 radical (unpaired) electrons. The van der Waals surface area contributed by atoms with Crippen LogP contribution in [0.3, 0.4) is 0 Å². The van der Waals surface area contributed by atoms with Crippen LogP contribution in [0.1, 0.15) is 16.7 Å². The summed E-state index contributed by atoms with van der Waals surface area (Å²) in [5.41, 5.74) is 3.32. The highest BCUT2D eigenvalue weighted by molar-refractivity contribution is 6.53. The van der Waals surface area contributed by atoms with Gasteiger partial charge < -0.3 is 4.74 Å². The number of benzene rings is 2. The van der Waals surface area contributed by atoms with Gasteiger partial charge in [0.1, 0.15) is 11.8 Å². The fourth-order valence-electron chi connectivity index (χ4n) is 2.31. The van der Waals surface area contributed by atoms with E-state index in [0.29, 0.717) is 17.2 Å².